The van der Waals surface area contributed by atoms with Crippen LogP contribution in [0.3, 0.4) is 0 Å². The molecule has 2 unspecified atom stereocenters. The smallest absolute Gasteiger partial charge is 0.378 e. The maximum absolute atomic E-state index is 11.9. The summed E-state index contributed by atoms with van der Waals surface area (Å²) in [5, 5.41) is 3.19. The zero-order valence-corrected chi connectivity index (χ0v) is 9.65. The van der Waals surface area contributed by atoms with E-state index in [2.05, 4.69) is 5.32 Å². The van der Waals surface area contributed by atoms with Gasteiger partial charge in [-0.05, 0) is 39.2 Å². The van der Waals surface area contributed by atoms with Gasteiger partial charge in [0.15, 0.2) is 0 Å². The van der Waals surface area contributed by atoms with E-state index in [1.54, 1.807) is 0 Å². The predicted octanol–water partition coefficient (Wildman–Crippen LogP) is 2.88. The largest absolute Gasteiger partial charge is 0.389 e. The lowest BCUT2D eigenvalue weighted by Gasteiger charge is -2.28. The minimum atomic E-state index is -4.05. The van der Waals surface area contributed by atoms with E-state index < -0.39 is 12.6 Å². The molecule has 1 aliphatic carbocycles. The van der Waals surface area contributed by atoms with E-state index in [0.29, 0.717) is 6.04 Å². The van der Waals surface area contributed by atoms with Crippen LogP contribution in [-0.4, -0.2) is 32.0 Å². The van der Waals surface area contributed by atoms with E-state index in [4.69, 9.17) is 4.74 Å². The Bertz CT molecular complexity index is 196. The van der Waals surface area contributed by atoms with Gasteiger partial charge in [-0.1, -0.05) is 0 Å². The van der Waals surface area contributed by atoms with E-state index >= 15 is 0 Å². The molecule has 1 fully saturated rings. The fourth-order valence-corrected chi connectivity index (χ4v) is 2.08. The van der Waals surface area contributed by atoms with Crippen LogP contribution in [0, 0.1) is 0 Å². The first-order valence-corrected chi connectivity index (χ1v) is 5.87. The molecule has 96 valence electrons. The molecule has 0 aromatic carbocycles. The molecular formula is C11H20F3NO. The number of rotatable bonds is 5. The fraction of sp³-hybridized carbons (Fsp3) is 1.00. The van der Waals surface area contributed by atoms with Crippen LogP contribution in [0.25, 0.3) is 0 Å². The summed E-state index contributed by atoms with van der Waals surface area (Å²) in [4.78, 5) is 0. The van der Waals surface area contributed by atoms with Crippen molar-refractivity contribution >= 4 is 0 Å². The summed E-state index contributed by atoms with van der Waals surface area (Å²) in [5.41, 5.74) is 0. The second-order valence-electron chi connectivity index (χ2n) is 4.36. The summed E-state index contributed by atoms with van der Waals surface area (Å²) in [6.07, 6.45) is -0.455. The van der Waals surface area contributed by atoms with Gasteiger partial charge in [0, 0.05) is 19.1 Å². The summed E-state index contributed by atoms with van der Waals surface area (Å²) in [6, 6.07) is 0.460. The summed E-state index contributed by atoms with van der Waals surface area (Å²) in [6.45, 7) is 0.223. The third kappa shape index (κ3) is 5.70. The molecule has 0 spiro atoms. The number of halogens is 3. The number of nitrogens with one attached hydrogen (secondary N) is 1. The van der Waals surface area contributed by atoms with Crippen molar-refractivity contribution in [2.75, 3.05) is 13.7 Å². The van der Waals surface area contributed by atoms with Crippen LogP contribution in [0.1, 0.15) is 38.5 Å². The molecule has 5 heteroatoms. The van der Waals surface area contributed by atoms with Crippen molar-refractivity contribution in [3.63, 3.8) is 0 Å². The van der Waals surface area contributed by atoms with Crippen molar-refractivity contribution in [1.29, 1.82) is 0 Å². The third-order valence-corrected chi connectivity index (χ3v) is 2.99. The summed E-state index contributed by atoms with van der Waals surface area (Å²) in [7, 11) is 1.91. The van der Waals surface area contributed by atoms with Gasteiger partial charge in [-0.15, -0.1) is 0 Å². The number of ether oxygens (including phenoxy) is 1. The van der Waals surface area contributed by atoms with Crippen LogP contribution in [0.4, 0.5) is 13.2 Å². The number of hydrogen-bond acceptors (Lipinski definition) is 2. The first-order chi connectivity index (χ1) is 7.51. The van der Waals surface area contributed by atoms with Crippen molar-refractivity contribution in [2.24, 2.45) is 0 Å². The highest BCUT2D eigenvalue weighted by molar-refractivity contribution is 4.77. The molecule has 1 saturated carbocycles. The average Bonchev–Trinajstić information content (AvgIpc) is 2.23. The van der Waals surface area contributed by atoms with E-state index in [1.807, 2.05) is 7.05 Å². The van der Waals surface area contributed by atoms with E-state index in [1.165, 1.54) is 0 Å². The summed E-state index contributed by atoms with van der Waals surface area (Å²) in [5.74, 6) is 0. The third-order valence-electron chi connectivity index (χ3n) is 2.99. The average molecular weight is 239 g/mol. The standard InChI is InChI=1S/C11H20F3NO/c1-15-9-4-2-5-10(8-9)16-7-3-6-11(12,13)14/h9-10,15H,2-8H2,1H3. The Hall–Kier alpha value is -0.290. The predicted molar refractivity (Wildman–Crippen MR) is 56.3 cm³/mol. The van der Waals surface area contributed by atoms with Crippen molar-refractivity contribution in [3.8, 4) is 0 Å². The molecule has 1 rings (SSSR count). The van der Waals surface area contributed by atoms with Crippen LogP contribution >= 0.6 is 0 Å². The van der Waals surface area contributed by atoms with Gasteiger partial charge in [0.05, 0.1) is 6.10 Å². The maximum atomic E-state index is 11.9. The normalized spacial score (nSPS) is 27.0. The lowest BCUT2D eigenvalue weighted by Crippen LogP contribution is -2.35. The van der Waals surface area contributed by atoms with E-state index in [0.717, 1.165) is 25.7 Å². The highest BCUT2D eigenvalue weighted by Gasteiger charge is 2.26. The van der Waals surface area contributed by atoms with Gasteiger partial charge in [-0.3, -0.25) is 0 Å². The molecular weight excluding hydrogens is 219 g/mol. The molecule has 0 bridgehead atoms. The number of alkyl halides is 3. The molecule has 0 heterocycles. The quantitative estimate of drug-likeness (QED) is 0.745. The van der Waals surface area contributed by atoms with Gasteiger partial charge >= 0.3 is 6.18 Å². The van der Waals surface area contributed by atoms with E-state index in [-0.39, 0.29) is 19.1 Å². The molecule has 1 N–H and O–H groups in total. The first kappa shape index (κ1) is 13.8. The Morgan fingerprint density at radius 1 is 1.31 bits per heavy atom. The topological polar surface area (TPSA) is 21.3 Å². The molecule has 0 radical (unpaired) electrons. The molecule has 2 atom stereocenters. The van der Waals surface area contributed by atoms with Crippen LogP contribution in [0.2, 0.25) is 0 Å². The van der Waals surface area contributed by atoms with Crippen molar-refractivity contribution in [1.82, 2.24) is 5.32 Å². The minimum absolute atomic E-state index is 0.0736. The van der Waals surface area contributed by atoms with Gasteiger partial charge in [0.1, 0.15) is 0 Å². The SMILES string of the molecule is CNC1CCCC(OCCCC(F)(F)F)C1. The van der Waals surface area contributed by atoms with Crippen LogP contribution in [0.5, 0.6) is 0 Å². The van der Waals surface area contributed by atoms with Gasteiger partial charge in [0.2, 0.25) is 0 Å². The lowest BCUT2D eigenvalue weighted by atomic mass is 9.93. The molecule has 0 amide bonds. The Morgan fingerprint density at radius 3 is 2.69 bits per heavy atom. The van der Waals surface area contributed by atoms with Gasteiger partial charge in [-0.2, -0.15) is 13.2 Å². The molecule has 1 aliphatic rings. The van der Waals surface area contributed by atoms with Gasteiger partial charge in [-0.25, -0.2) is 0 Å². The second kappa shape index (κ2) is 6.45. The summed E-state index contributed by atoms with van der Waals surface area (Å²) < 4.78 is 41.1. The van der Waals surface area contributed by atoms with Gasteiger partial charge in [0.25, 0.3) is 0 Å². The monoisotopic (exact) mass is 239 g/mol. The van der Waals surface area contributed by atoms with Gasteiger partial charge < -0.3 is 10.1 Å². The van der Waals surface area contributed by atoms with Crippen LogP contribution in [0.15, 0.2) is 0 Å². The number of hydrogen-bond donors (Lipinski definition) is 1. The summed E-state index contributed by atoms with van der Waals surface area (Å²) >= 11 is 0. The molecule has 0 aromatic heterocycles. The molecule has 0 aromatic rings. The van der Waals surface area contributed by atoms with Crippen molar-refractivity contribution in [3.05, 3.63) is 0 Å². The Morgan fingerprint density at radius 2 is 2.06 bits per heavy atom. The fourth-order valence-electron chi connectivity index (χ4n) is 2.08. The molecule has 0 aliphatic heterocycles. The second-order valence-corrected chi connectivity index (χ2v) is 4.36. The molecule has 0 saturated heterocycles. The zero-order chi connectivity index (χ0) is 12.0. The lowest BCUT2D eigenvalue weighted by molar-refractivity contribution is -0.139. The van der Waals surface area contributed by atoms with Crippen LogP contribution < -0.4 is 5.32 Å². The highest BCUT2D eigenvalue weighted by atomic mass is 19.4. The highest BCUT2D eigenvalue weighted by Crippen LogP contribution is 2.23. The molecule has 2 nitrogen and oxygen atoms in total. The zero-order valence-electron chi connectivity index (χ0n) is 9.65. The van der Waals surface area contributed by atoms with Crippen LogP contribution in [-0.2, 0) is 4.74 Å². The van der Waals surface area contributed by atoms with Crippen molar-refractivity contribution < 1.29 is 17.9 Å². The van der Waals surface area contributed by atoms with E-state index in [9.17, 15) is 13.2 Å². The van der Waals surface area contributed by atoms with Crippen molar-refractivity contribution in [2.45, 2.75) is 56.8 Å². The Kier molecular flexibility index (Phi) is 5.55. The Labute approximate surface area is 94.5 Å². The maximum Gasteiger partial charge on any atom is 0.389 e. The first-order valence-electron chi connectivity index (χ1n) is 5.87. The molecule has 16 heavy (non-hydrogen) atoms. The Balaban J connectivity index is 2.08. The minimum Gasteiger partial charge on any atom is -0.378 e.